The number of carbonyl (C=O) groups is 2. The molecule has 3 aromatic rings. The molecule has 0 aliphatic heterocycles. The van der Waals surface area contributed by atoms with Gasteiger partial charge in [0.05, 0.1) is 7.11 Å². The maximum Gasteiger partial charge on any atom is 0.305 e. The van der Waals surface area contributed by atoms with Crippen molar-refractivity contribution in [2.75, 3.05) is 7.11 Å². The molecule has 0 spiro atoms. The van der Waals surface area contributed by atoms with Gasteiger partial charge in [0.15, 0.2) is 5.78 Å². The Labute approximate surface area is 181 Å². The predicted octanol–water partition coefficient (Wildman–Crippen LogP) is 5.63. The number of ketones is 1. The molecule has 1 atom stereocenters. The van der Waals surface area contributed by atoms with Crippen molar-refractivity contribution in [3.63, 3.8) is 0 Å². The minimum absolute atomic E-state index is 0.0634. The summed E-state index contributed by atoms with van der Waals surface area (Å²) < 4.78 is 24.3. The monoisotopic (exact) mass is 420 g/mol. The standard InChI is InChI=1S/C26H25FO4/c1-18-8-3-5-12-22(18)23(14-15-25(28)30-2)26(29)19-10-7-11-21(16-19)31-17-20-9-4-6-13-24(20)27/h3-13,16,23H,14-15,17H2,1-2H3. The number of benzene rings is 3. The van der Waals surface area contributed by atoms with Gasteiger partial charge >= 0.3 is 5.97 Å². The van der Waals surface area contributed by atoms with Gasteiger partial charge in [-0.2, -0.15) is 0 Å². The van der Waals surface area contributed by atoms with Crippen LogP contribution < -0.4 is 4.74 Å². The van der Waals surface area contributed by atoms with Gasteiger partial charge in [0.25, 0.3) is 0 Å². The zero-order valence-corrected chi connectivity index (χ0v) is 17.6. The van der Waals surface area contributed by atoms with Crippen LogP contribution in [0.3, 0.4) is 0 Å². The van der Waals surface area contributed by atoms with Crippen LogP contribution in [0.5, 0.6) is 5.75 Å². The summed E-state index contributed by atoms with van der Waals surface area (Å²) in [7, 11) is 1.34. The number of methoxy groups -OCH3 is 1. The van der Waals surface area contributed by atoms with Gasteiger partial charge in [0, 0.05) is 23.5 Å². The fourth-order valence-electron chi connectivity index (χ4n) is 3.49. The molecular formula is C26H25FO4. The van der Waals surface area contributed by atoms with Crippen LogP contribution in [0.1, 0.15) is 45.8 Å². The molecule has 0 heterocycles. The summed E-state index contributed by atoms with van der Waals surface area (Å²) in [5.74, 6) is -0.798. The first-order valence-electron chi connectivity index (χ1n) is 10.1. The number of Topliss-reactive ketones (excluding diaryl/α,β-unsaturated/α-hetero) is 1. The number of ether oxygens (including phenoxy) is 2. The molecule has 3 aromatic carbocycles. The number of aryl methyl sites for hydroxylation is 1. The molecular weight excluding hydrogens is 395 g/mol. The second kappa shape index (κ2) is 10.5. The van der Waals surface area contributed by atoms with Crippen LogP contribution in [0.25, 0.3) is 0 Å². The van der Waals surface area contributed by atoms with Crippen molar-refractivity contribution >= 4 is 11.8 Å². The third-order valence-electron chi connectivity index (χ3n) is 5.22. The lowest BCUT2D eigenvalue weighted by Gasteiger charge is -2.18. The van der Waals surface area contributed by atoms with Gasteiger partial charge in [0.1, 0.15) is 18.2 Å². The van der Waals surface area contributed by atoms with Crippen LogP contribution in [-0.2, 0) is 16.1 Å². The average molecular weight is 420 g/mol. The van der Waals surface area contributed by atoms with Crippen molar-refractivity contribution in [3.05, 3.63) is 101 Å². The number of esters is 1. The molecule has 0 aliphatic carbocycles. The Kier molecular flexibility index (Phi) is 7.55. The van der Waals surface area contributed by atoms with E-state index in [1.54, 1.807) is 42.5 Å². The number of hydrogen-bond acceptors (Lipinski definition) is 4. The number of hydrogen-bond donors (Lipinski definition) is 0. The maximum absolute atomic E-state index is 13.8. The summed E-state index contributed by atoms with van der Waals surface area (Å²) in [4.78, 5) is 25.1. The Morgan fingerprint density at radius 1 is 0.968 bits per heavy atom. The van der Waals surface area contributed by atoms with Crippen molar-refractivity contribution < 1.29 is 23.5 Å². The van der Waals surface area contributed by atoms with Gasteiger partial charge in [0.2, 0.25) is 0 Å². The van der Waals surface area contributed by atoms with Crippen LogP contribution in [-0.4, -0.2) is 18.9 Å². The lowest BCUT2D eigenvalue weighted by Crippen LogP contribution is -2.16. The van der Waals surface area contributed by atoms with Crippen molar-refractivity contribution in [2.45, 2.75) is 32.3 Å². The molecule has 0 bridgehead atoms. The molecule has 5 heteroatoms. The van der Waals surface area contributed by atoms with E-state index in [1.165, 1.54) is 13.2 Å². The van der Waals surface area contributed by atoms with Gasteiger partial charge in [-0.05, 0) is 42.7 Å². The molecule has 4 nitrogen and oxygen atoms in total. The van der Waals surface area contributed by atoms with E-state index in [2.05, 4.69) is 0 Å². The van der Waals surface area contributed by atoms with E-state index in [1.807, 2.05) is 31.2 Å². The van der Waals surface area contributed by atoms with Crippen LogP contribution in [0.2, 0.25) is 0 Å². The molecule has 0 radical (unpaired) electrons. The molecule has 0 saturated carbocycles. The zero-order valence-electron chi connectivity index (χ0n) is 17.6. The average Bonchev–Trinajstić information content (AvgIpc) is 2.79. The highest BCUT2D eigenvalue weighted by Gasteiger charge is 2.25. The highest BCUT2D eigenvalue weighted by molar-refractivity contribution is 6.01. The van der Waals surface area contributed by atoms with Crippen molar-refractivity contribution in [1.29, 1.82) is 0 Å². The molecule has 0 aliphatic rings. The normalized spacial score (nSPS) is 11.6. The van der Waals surface area contributed by atoms with E-state index in [4.69, 9.17) is 9.47 Å². The van der Waals surface area contributed by atoms with E-state index in [9.17, 15) is 14.0 Å². The first-order valence-corrected chi connectivity index (χ1v) is 10.1. The van der Waals surface area contributed by atoms with Gasteiger partial charge in [-0.1, -0.05) is 54.6 Å². The molecule has 3 rings (SSSR count). The molecule has 0 fully saturated rings. The largest absolute Gasteiger partial charge is 0.489 e. The van der Waals surface area contributed by atoms with Crippen LogP contribution in [0.4, 0.5) is 4.39 Å². The molecule has 160 valence electrons. The molecule has 0 N–H and O–H groups in total. The fraction of sp³-hybridized carbons (Fsp3) is 0.231. The molecule has 0 amide bonds. The Balaban J connectivity index is 1.82. The van der Waals surface area contributed by atoms with Crippen LogP contribution >= 0.6 is 0 Å². The highest BCUT2D eigenvalue weighted by Crippen LogP contribution is 2.30. The van der Waals surface area contributed by atoms with E-state index in [0.29, 0.717) is 23.3 Å². The molecule has 31 heavy (non-hydrogen) atoms. The number of halogens is 1. The minimum Gasteiger partial charge on any atom is -0.489 e. The Morgan fingerprint density at radius 2 is 1.71 bits per heavy atom. The first-order chi connectivity index (χ1) is 15.0. The lowest BCUT2D eigenvalue weighted by molar-refractivity contribution is -0.140. The van der Waals surface area contributed by atoms with Crippen molar-refractivity contribution in [2.24, 2.45) is 0 Å². The predicted molar refractivity (Wildman–Crippen MR) is 117 cm³/mol. The Bertz CT molecular complexity index is 1060. The highest BCUT2D eigenvalue weighted by atomic mass is 19.1. The number of rotatable bonds is 9. The third kappa shape index (κ3) is 5.79. The molecule has 0 saturated heterocycles. The third-order valence-corrected chi connectivity index (χ3v) is 5.22. The quantitative estimate of drug-likeness (QED) is 0.332. The molecule has 0 aromatic heterocycles. The van der Waals surface area contributed by atoms with Crippen molar-refractivity contribution in [3.8, 4) is 5.75 Å². The Hall–Kier alpha value is -3.47. The topological polar surface area (TPSA) is 52.6 Å². The summed E-state index contributed by atoms with van der Waals surface area (Å²) in [6.45, 7) is 2.01. The van der Waals surface area contributed by atoms with E-state index < -0.39 is 5.92 Å². The summed E-state index contributed by atoms with van der Waals surface area (Å²) >= 11 is 0. The van der Waals surface area contributed by atoms with E-state index in [-0.39, 0.29) is 30.6 Å². The zero-order chi connectivity index (χ0) is 22.2. The fourth-order valence-corrected chi connectivity index (χ4v) is 3.49. The second-order valence-electron chi connectivity index (χ2n) is 7.30. The first kappa shape index (κ1) is 22.2. The van der Waals surface area contributed by atoms with E-state index >= 15 is 0 Å². The van der Waals surface area contributed by atoms with Gasteiger partial charge in [-0.15, -0.1) is 0 Å². The Morgan fingerprint density at radius 3 is 2.45 bits per heavy atom. The summed E-state index contributed by atoms with van der Waals surface area (Å²) in [5, 5.41) is 0. The minimum atomic E-state index is -0.484. The van der Waals surface area contributed by atoms with Gasteiger partial charge in [-0.3, -0.25) is 9.59 Å². The summed E-state index contributed by atoms with van der Waals surface area (Å²) in [6, 6.07) is 20.9. The number of carbonyl (C=O) groups excluding carboxylic acids is 2. The smallest absolute Gasteiger partial charge is 0.305 e. The van der Waals surface area contributed by atoms with Crippen molar-refractivity contribution in [1.82, 2.24) is 0 Å². The summed E-state index contributed by atoms with van der Waals surface area (Å²) in [5.41, 5.74) is 2.78. The molecule has 1 unspecified atom stereocenters. The van der Waals surface area contributed by atoms with Gasteiger partial charge in [-0.25, -0.2) is 4.39 Å². The van der Waals surface area contributed by atoms with E-state index in [0.717, 1.165) is 11.1 Å². The summed E-state index contributed by atoms with van der Waals surface area (Å²) in [6.07, 6.45) is 0.487. The van der Waals surface area contributed by atoms with Crippen LogP contribution in [0.15, 0.2) is 72.8 Å². The SMILES string of the molecule is COC(=O)CCC(C(=O)c1cccc(OCc2ccccc2F)c1)c1ccccc1C. The lowest BCUT2D eigenvalue weighted by atomic mass is 9.85. The van der Waals surface area contributed by atoms with Gasteiger partial charge < -0.3 is 9.47 Å². The van der Waals surface area contributed by atoms with Crippen LogP contribution in [0, 0.1) is 12.7 Å². The second-order valence-corrected chi connectivity index (χ2v) is 7.30. The maximum atomic E-state index is 13.8.